The molecule has 0 atom stereocenters. The molecule has 0 aliphatic heterocycles. The normalized spacial score (nSPS) is 10.3. The summed E-state index contributed by atoms with van der Waals surface area (Å²) in [4.78, 5) is 14.0. The lowest BCUT2D eigenvalue weighted by Gasteiger charge is -2.02. The number of aromatic nitrogens is 1. The van der Waals surface area contributed by atoms with Crippen LogP contribution in [-0.4, -0.2) is 4.98 Å². The van der Waals surface area contributed by atoms with Crippen LogP contribution in [0.2, 0.25) is 0 Å². The van der Waals surface area contributed by atoms with E-state index in [2.05, 4.69) is 4.98 Å². The summed E-state index contributed by atoms with van der Waals surface area (Å²) < 4.78 is 13.0. The van der Waals surface area contributed by atoms with Crippen molar-refractivity contribution in [2.24, 2.45) is 0 Å². The van der Waals surface area contributed by atoms with E-state index >= 15 is 0 Å². The fraction of sp³-hybridized carbons (Fsp3) is 0.0833. The number of pyridine rings is 1. The van der Waals surface area contributed by atoms with Gasteiger partial charge in [0.15, 0.2) is 0 Å². The summed E-state index contributed by atoms with van der Waals surface area (Å²) in [5.74, 6) is -0.258. The second-order valence-electron chi connectivity index (χ2n) is 3.38. The maximum atomic E-state index is 13.0. The molecular formula is C12H10FNO. The Kier molecular flexibility index (Phi) is 2.37. The minimum atomic E-state index is -0.258. The average Bonchev–Trinajstić information content (AvgIpc) is 2.23. The first-order valence-corrected chi connectivity index (χ1v) is 4.63. The van der Waals surface area contributed by atoms with E-state index < -0.39 is 0 Å². The standard InChI is InChI=1S/C12H10FNO/c1-8-7-9(4-5-11(8)13)10-3-2-6-14-12(10)15/h2-7H,1H3,(H,14,15). The van der Waals surface area contributed by atoms with Crippen LogP contribution in [0.25, 0.3) is 11.1 Å². The maximum absolute atomic E-state index is 13.0. The van der Waals surface area contributed by atoms with Crippen molar-refractivity contribution in [3.8, 4) is 11.1 Å². The highest BCUT2D eigenvalue weighted by molar-refractivity contribution is 5.62. The monoisotopic (exact) mass is 203 g/mol. The number of halogens is 1. The van der Waals surface area contributed by atoms with E-state index in [-0.39, 0.29) is 11.4 Å². The first kappa shape index (κ1) is 9.65. The topological polar surface area (TPSA) is 32.9 Å². The van der Waals surface area contributed by atoms with Gasteiger partial charge >= 0.3 is 0 Å². The van der Waals surface area contributed by atoms with Gasteiger partial charge in [0.05, 0.1) is 0 Å². The Morgan fingerprint density at radius 3 is 2.73 bits per heavy atom. The van der Waals surface area contributed by atoms with Crippen molar-refractivity contribution in [3.05, 3.63) is 58.3 Å². The Morgan fingerprint density at radius 1 is 1.27 bits per heavy atom. The van der Waals surface area contributed by atoms with E-state index in [9.17, 15) is 9.18 Å². The molecular weight excluding hydrogens is 193 g/mol. The molecule has 15 heavy (non-hydrogen) atoms. The Balaban J connectivity index is 2.60. The van der Waals surface area contributed by atoms with Crippen LogP contribution in [0.3, 0.4) is 0 Å². The van der Waals surface area contributed by atoms with Gasteiger partial charge in [0.25, 0.3) is 5.56 Å². The average molecular weight is 203 g/mol. The molecule has 0 saturated carbocycles. The molecule has 0 fully saturated rings. The lowest BCUT2D eigenvalue weighted by Crippen LogP contribution is -2.06. The van der Waals surface area contributed by atoms with Gasteiger partial charge in [0.1, 0.15) is 5.82 Å². The van der Waals surface area contributed by atoms with Crippen molar-refractivity contribution in [2.75, 3.05) is 0 Å². The summed E-state index contributed by atoms with van der Waals surface area (Å²) in [5, 5.41) is 0. The Hall–Kier alpha value is -1.90. The minimum absolute atomic E-state index is 0.163. The quantitative estimate of drug-likeness (QED) is 0.758. The fourth-order valence-electron chi connectivity index (χ4n) is 1.46. The molecule has 1 aromatic heterocycles. The van der Waals surface area contributed by atoms with Crippen LogP contribution in [0.1, 0.15) is 5.56 Å². The Bertz CT molecular complexity index is 545. The lowest BCUT2D eigenvalue weighted by molar-refractivity contribution is 0.619. The smallest absolute Gasteiger partial charge is 0.255 e. The van der Waals surface area contributed by atoms with E-state index in [0.717, 1.165) is 5.56 Å². The largest absolute Gasteiger partial charge is 0.329 e. The van der Waals surface area contributed by atoms with Crippen LogP contribution in [-0.2, 0) is 0 Å². The van der Waals surface area contributed by atoms with Crippen molar-refractivity contribution < 1.29 is 4.39 Å². The number of hydrogen-bond acceptors (Lipinski definition) is 1. The van der Waals surface area contributed by atoms with Gasteiger partial charge in [-0.3, -0.25) is 4.79 Å². The third kappa shape index (κ3) is 1.81. The highest BCUT2D eigenvalue weighted by Crippen LogP contribution is 2.17. The van der Waals surface area contributed by atoms with Crippen molar-refractivity contribution in [1.29, 1.82) is 0 Å². The third-order valence-corrected chi connectivity index (χ3v) is 2.29. The third-order valence-electron chi connectivity index (χ3n) is 2.29. The lowest BCUT2D eigenvalue weighted by atomic mass is 10.1. The first-order valence-electron chi connectivity index (χ1n) is 4.63. The van der Waals surface area contributed by atoms with Gasteiger partial charge in [-0.05, 0) is 42.3 Å². The van der Waals surface area contributed by atoms with Crippen LogP contribution in [0, 0.1) is 12.7 Å². The van der Waals surface area contributed by atoms with Gasteiger partial charge in [-0.2, -0.15) is 0 Å². The number of benzene rings is 1. The molecule has 0 unspecified atom stereocenters. The molecule has 0 amide bonds. The zero-order valence-corrected chi connectivity index (χ0v) is 8.25. The summed E-state index contributed by atoms with van der Waals surface area (Å²) in [6.07, 6.45) is 1.57. The molecule has 3 heteroatoms. The van der Waals surface area contributed by atoms with Crippen LogP contribution >= 0.6 is 0 Å². The molecule has 0 bridgehead atoms. The molecule has 76 valence electrons. The molecule has 0 aliphatic carbocycles. The second kappa shape index (κ2) is 3.69. The van der Waals surface area contributed by atoms with E-state index in [1.54, 1.807) is 37.4 Å². The van der Waals surface area contributed by atoms with Crippen molar-refractivity contribution in [2.45, 2.75) is 6.92 Å². The molecule has 2 aromatic rings. The fourth-order valence-corrected chi connectivity index (χ4v) is 1.46. The summed E-state index contributed by atoms with van der Waals surface area (Å²) in [7, 11) is 0. The van der Waals surface area contributed by atoms with E-state index in [1.165, 1.54) is 6.07 Å². The predicted octanol–water partition coefficient (Wildman–Crippen LogP) is 2.49. The van der Waals surface area contributed by atoms with Crippen LogP contribution in [0.15, 0.2) is 41.3 Å². The molecule has 0 saturated heterocycles. The van der Waals surface area contributed by atoms with E-state index in [0.29, 0.717) is 11.1 Å². The molecule has 2 rings (SSSR count). The zero-order valence-electron chi connectivity index (χ0n) is 8.25. The van der Waals surface area contributed by atoms with Crippen LogP contribution < -0.4 is 5.56 Å². The maximum Gasteiger partial charge on any atom is 0.255 e. The molecule has 0 spiro atoms. The molecule has 1 aromatic carbocycles. The number of aromatic amines is 1. The minimum Gasteiger partial charge on any atom is -0.329 e. The Morgan fingerprint density at radius 2 is 2.07 bits per heavy atom. The Labute approximate surface area is 86.4 Å². The number of rotatable bonds is 1. The number of H-pyrrole nitrogens is 1. The summed E-state index contributed by atoms with van der Waals surface area (Å²) in [6.45, 7) is 1.68. The van der Waals surface area contributed by atoms with E-state index in [4.69, 9.17) is 0 Å². The molecule has 0 radical (unpaired) electrons. The zero-order chi connectivity index (χ0) is 10.8. The molecule has 0 aliphatic rings. The summed E-state index contributed by atoms with van der Waals surface area (Å²) >= 11 is 0. The molecule has 1 N–H and O–H groups in total. The summed E-state index contributed by atoms with van der Waals surface area (Å²) in [5.41, 5.74) is 1.66. The highest BCUT2D eigenvalue weighted by Gasteiger charge is 2.04. The summed E-state index contributed by atoms with van der Waals surface area (Å²) in [6, 6.07) is 8.10. The number of aryl methyl sites for hydroxylation is 1. The van der Waals surface area contributed by atoms with E-state index in [1.807, 2.05) is 0 Å². The van der Waals surface area contributed by atoms with Crippen molar-refractivity contribution in [3.63, 3.8) is 0 Å². The van der Waals surface area contributed by atoms with Crippen molar-refractivity contribution in [1.82, 2.24) is 4.98 Å². The van der Waals surface area contributed by atoms with Crippen molar-refractivity contribution >= 4 is 0 Å². The van der Waals surface area contributed by atoms with Crippen LogP contribution in [0.5, 0.6) is 0 Å². The molecule has 2 nitrogen and oxygen atoms in total. The van der Waals surface area contributed by atoms with Gasteiger partial charge in [-0.1, -0.05) is 6.07 Å². The van der Waals surface area contributed by atoms with Gasteiger partial charge in [0, 0.05) is 11.8 Å². The van der Waals surface area contributed by atoms with Gasteiger partial charge in [0.2, 0.25) is 0 Å². The number of nitrogens with one attached hydrogen (secondary N) is 1. The predicted molar refractivity (Wildman–Crippen MR) is 57.2 cm³/mol. The van der Waals surface area contributed by atoms with Gasteiger partial charge in [-0.15, -0.1) is 0 Å². The first-order chi connectivity index (χ1) is 7.18. The second-order valence-corrected chi connectivity index (χ2v) is 3.38. The SMILES string of the molecule is Cc1cc(-c2ccc[nH]c2=O)ccc1F. The van der Waals surface area contributed by atoms with Gasteiger partial charge < -0.3 is 4.98 Å². The molecule has 1 heterocycles. The number of hydrogen-bond donors (Lipinski definition) is 1. The highest BCUT2D eigenvalue weighted by atomic mass is 19.1. The van der Waals surface area contributed by atoms with Gasteiger partial charge in [-0.25, -0.2) is 4.39 Å². The van der Waals surface area contributed by atoms with Crippen LogP contribution in [0.4, 0.5) is 4.39 Å².